The van der Waals surface area contributed by atoms with Crippen molar-refractivity contribution in [3.63, 3.8) is 0 Å². The average molecular weight is 587 g/mol. The lowest BCUT2D eigenvalue weighted by Crippen LogP contribution is -2.41. The number of nitrogens with one attached hydrogen (secondary N) is 1. The quantitative estimate of drug-likeness (QED) is 0.448. The number of methoxy groups -OCH3 is 1. The number of carboxylic acids is 1. The molecule has 0 unspecified atom stereocenters. The van der Waals surface area contributed by atoms with E-state index in [4.69, 9.17) is 9.84 Å². The lowest BCUT2D eigenvalue weighted by Gasteiger charge is -2.31. The van der Waals surface area contributed by atoms with Crippen LogP contribution in [0.5, 0.6) is 0 Å². The van der Waals surface area contributed by atoms with Crippen LogP contribution < -0.4 is 5.32 Å². The van der Waals surface area contributed by atoms with Crippen LogP contribution in [-0.2, 0) is 14.3 Å². The maximum atomic E-state index is 14.4. The fourth-order valence-electron chi connectivity index (χ4n) is 4.40. The Morgan fingerprint density at radius 2 is 2.17 bits per heavy atom. The van der Waals surface area contributed by atoms with Gasteiger partial charge in [0.25, 0.3) is 5.92 Å². The molecule has 2 aliphatic rings. The zero-order chi connectivity index (χ0) is 26.0. The Kier molecular flexibility index (Phi) is 7.81. The first-order valence-electron chi connectivity index (χ1n) is 10.9. The number of carboxylic acid groups (broad SMARTS) is 1. The van der Waals surface area contributed by atoms with Gasteiger partial charge in [-0.3, -0.25) is 14.7 Å². The summed E-state index contributed by atoms with van der Waals surface area (Å²) in [5, 5.41) is 14.4. The van der Waals surface area contributed by atoms with Crippen molar-refractivity contribution in [2.75, 3.05) is 20.2 Å². The zero-order valence-corrected chi connectivity index (χ0v) is 21.4. The maximum Gasteiger partial charge on any atom is 0.338 e. The third-order valence-electron chi connectivity index (χ3n) is 5.96. The highest BCUT2D eigenvalue weighted by molar-refractivity contribution is 9.10. The summed E-state index contributed by atoms with van der Waals surface area (Å²) >= 11 is 4.63. The maximum absolute atomic E-state index is 14.4. The molecule has 1 saturated heterocycles. The highest BCUT2D eigenvalue weighted by Gasteiger charge is 2.46. The number of benzene rings is 1. The molecule has 1 fully saturated rings. The number of thiazole rings is 1. The number of hydrogen-bond donors (Lipinski definition) is 2. The molecule has 3 heterocycles. The minimum absolute atomic E-state index is 0.0339. The monoisotopic (exact) mass is 586 g/mol. The van der Waals surface area contributed by atoms with Crippen LogP contribution >= 0.6 is 27.3 Å². The van der Waals surface area contributed by atoms with Gasteiger partial charge in [0.2, 0.25) is 0 Å². The minimum atomic E-state index is -3.00. The van der Waals surface area contributed by atoms with Crippen LogP contribution in [-0.4, -0.2) is 64.9 Å². The number of aromatic nitrogens is 1. The summed E-state index contributed by atoms with van der Waals surface area (Å²) in [7, 11) is 1.20. The third-order valence-corrected chi connectivity index (χ3v) is 7.43. The normalized spacial score (nSPS) is 21.8. The number of amidine groups is 1. The number of likely N-dealkylation sites (tertiary alicyclic amines) is 1. The number of nitrogens with zero attached hydrogens (tertiary/aromatic N) is 3. The molecular weight excluding hydrogens is 565 g/mol. The number of ether oxygens (including phenoxy) is 1. The summed E-state index contributed by atoms with van der Waals surface area (Å²) < 4.78 is 48.0. The van der Waals surface area contributed by atoms with Crippen molar-refractivity contribution in [3.05, 3.63) is 61.9 Å². The summed E-state index contributed by atoms with van der Waals surface area (Å²) in [5.41, 5.74) is 0.831. The summed E-state index contributed by atoms with van der Waals surface area (Å²) in [5.74, 6) is -4.98. The van der Waals surface area contributed by atoms with Crippen molar-refractivity contribution in [2.45, 2.75) is 37.3 Å². The molecule has 2 N–H and O–H groups in total. The van der Waals surface area contributed by atoms with Gasteiger partial charge in [0, 0.05) is 47.2 Å². The summed E-state index contributed by atoms with van der Waals surface area (Å²) in [6.45, 7) is -0.699. The average Bonchev–Trinajstić information content (AvgIpc) is 3.44. The van der Waals surface area contributed by atoms with Gasteiger partial charge in [-0.25, -0.2) is 22.9 Å². The molecule has 1 aromatic carbocycles. The van der Waals surface area contributed by atoms with E-state index in [1.165, 1.54) is 41.5 Å². The highest BCUT2D eigenvalue weighted by Crippen LogP contribution is 2.39. The molecule has 2 aromatic rings. The summed E-state index contributed by atoms with van der Waals surface area (Å²) in [4.78, 5) is 34.5. The second-order valence-electron chi connectivity index (χ2n) is 8.44. The Labute approximate surface area is 217 Å². The molecule has 1 aromatic heterocycles. The molecule has 2 atom stereocenters. The number of alkyl halides is 2. The van der Waals surface area contributed by atoms with E-state index in [1.54, 1.807) is 11.6 Å². The Balaban J connectivity index is 1.78. The van der Waals surface area contributed by atoms with Crippen molar-refractivity contribution < 1.29 is 32.6 Å². The van der Waals surface area contributed by atoms with Crippen LogP contribution in [0.15, 0.2) is 50.5 Å². The number of aliphatic imine (C=N–C) groups is 1. The van der Waals surface area contributed by atoms with Gasteiger partial charge in [0.1, 0.15) is 11.9 Å². The molecule has 0 radical (unpaired) electrons. The number of carbonyl (C=O) groups is 2. The Hall–Kier alpha value is -2.77. The Morgan fingerprint density at radius 3 is 2.81 bits per heavy atom. The predicted octanol–water partition coefficient (Wildman–Crippen LogP) is 4.14. The molecule has 2 aliphatic heterocycles. The van der Waals surface area contributed by atoms with Gasteiger partial charge in [-0.05, 0) is 24.1 Å². The minimum Gasteiger partial charge on any atom is -0.481 e. The molecule has 192 valence electrons. The van der Waals surface area contributed by atoms with Crippen molar-refractivity contribution in [2.24, 2.45) is 4.99 Å². The smallest absolute Gasteiger partial charge is 0.338 e. The summed E-state index contributed by atoms with van der Waals surface area (Å²) in [6.07, 6.45) is 0.868. The zero-order valence-electron chi connectivity index (χ0n) is 19.0. The van der Waals surface area contributed by atoms with E-state index in [0.29, 0.717) is 20.9 Å². The molecule has 0 aliphatic carbocycles. The molecule has 0 bridgehead atoms. The number of carbonyl (C=O) groups excluding carboxylic acids is 1. The molecule has 0 spiro atoms. The van der Waals surface area contributed by atoms with Crippen LogP contribution in [0.1, 0.15) is 35.9 Å². The SMILES string of the molecule is COC(=O)C1=C(CN2CC(F)(F)C[C@H]2CCC(=O)O)NC(c2nccs2)=N[C@H]1c1ccc(F)cc1Br. The first kappa shape index (κ1) is 26.3. The van der Waals surface area contributed by atoms with Gasteiger partial charge >= 0.3 is 11.9 Å². The van der Waals surface area contributed by atoms with Crippen molar-refractivity contribution in [3.8, 4) is 0 Å². The topological polar surface area (TPSA) is 104 Å². The van der Waals surface area contributed by atoms with E-state index in [-0.39, 0.29) is 30.7 Å². The van der Waals surface area contributed by atoms with Crippen LogP contribution in [0.2, 0.25) is 0 Å². The van der Waals surface area contributed by atoms with Crippen molar-refractivity contribution in [1.29, 1.82) is 0 Å². The lowest BCUT2D eigenvalue weighted by molar-refractivity contribution is -0.137. The number of aliphatic carboxylic acids is 1. The van der Waals surface area contributed by atoms with Gasteiger partial charge in [-0.2, -0.15) is 0 Å². The highest BCUT2D eigenvalue weighted by atomic mass is 79.9. The molecular formula is C23H22BrF3N4O4S. The number of halogens is 4. The van der Waals surface area contributed by atoms with Crippen LogP contribution in [0.3, 0.4) is 0 Å². The van der Waals surface area contributed by atoms with Crippen molar-refractivity contribution >= 4 is 45.0 Å². The number of esters is 1. The number of rotatable bonds is 8. The van der Waals surface area contributed by atoms with E-state index in [2.05, 4.69) is 31.2 Å². The van der Waals surface area contributed by atoms with Gasteiger partial charge < -0.3 is 15.2 Å². The van der Waals surface area contributed by atoms with Gasteiger partial charge in [-0.15, -0.1) is 11.3 Å². The van der Waals surface area contributed by atoms with Gasteiger partial charge in [0.15, 0.2) is 10.8 Å². The van der Waals surface area contributed by atoms with E-state index >= 15 is 0 Å². The van der Waals surface area contributed by atoms with Crippen molar-refractivity contribution in [1.82, 2.24) is 15.2 Å². The van der Waals surface area contributed by atoms with Gasteiger partial charge in [0.05, 0.1) is 19.2 Å². The van der Waals surface area contributed by atoms with E-state index < -0.39 is 48.7 Å². The van der Waals surface area contributed by atoms with Gasteiger partial charge in [-0.1, -0.05) is 22.0 Å². The third kappa shape index (κ3) is 5.79. The standard InChI is InChI=1S/C23H22BrF3N4O4S/c1-35-22(34)18-16(10-31-11-23(26,27)9-13(31)3-5-17(32)33)29-20(21-28-6-7-36-21)30-19(18)14-4-2-12(25)8-15(14)24/h2,4,6-8,13,19H,3,5,9-11H2,1H3,(H,29,30)(H,32,33)/t13-,19+/m1/s1. The molecule has 0 amide bonds. The lowest BCUT2D eigenvalue weighted by atomic mass is 9.95. The molecule has 8 nitrogen and oxygen atoms in total. The van der Waals surface area contributed by atoms with E-state index in [9.17, 15) is 22.8 Å². The summed E-state index contributed by atoms with van der Waals surface area (Å²) in [6, 6.07) is 2.32. The van der Waals surface area contributed by atoms with E-state index in [0.717, 1.165) is 0 Å². The Morgan fingerprint density at radius 1 is 1.39 bits per heavy atom. The van der Waals surface area contributed by atoms with Crippen LogP contribution in [0, 0.1) is 5.82 Å². The predicted molar refractivity (Wildman–Crippen MR) is 129 cm³/mol. The van der Waals surface area contributed by atoms with Crippen LogP contribution in [0.25, 0.3) is 0 Å². The molecule has 0 saturated carbocycles. The first-order chi connectivity index (χ1) is 17.1. The van der Waals surface area contributed by atoms with E-state index in [1.807, 2.05) is 0 Å². The van der Waals surface area contributed by atoms with Crippen LogP contribution in [0.4, 0.5) is 13.2 Å². The molecule has 13 heteroatoms. The molecule has 36 heavy (non-hydrogen) atoms. The second-order valence-corrected chi connectivity index (χ2v) is 10.2. The first-order valence-corrected chi connectivity index (χ1v) is 12.6. The fourth-order valence-corrected chi connectivity index (χ4v) is 5.55. The fraction of sp³-hybridized carbons (Fsp3) is 0.391. The molecule has 4 rings (SSSR count). The Bertz CT molecular complexity index is 1220. The largest absolute Gasteiger partial charge is 0.481 e. The number of hydrogen-bond acceptors (Lipinski definition) is 8. The second kappa shape index (κ2) is 10.7.